The molecule has 4 aliphatic rings. The number of hydrogen-bond acceptors (Lipinski definition) is 2. The molecule has 1 amide bonds. The van der Waals surface area contributed by atoms with Gasteiger partial charge in [0.1, 0.15) is 0 Å². The molecule has 3 aliphatic carbocycles. The predicted molar refractivity (Wildman–Crippen MR) is 74.6 cm³/mol. The lowest BCUT2D eigenvalue weighted by atomic mass is 9.92. The lowest BCUT2D eigenvalue weighted by molar-refractivity contribution is -0.134. The monoisotopic (exact) mass is 262 g/mol. The second-order valence-corrected chi connectivity index (χ2v) is 7.22. The van der Waals surface area contributed by atoms with Crippen LogP contribution in [-0.4, -0.2) is 28.6 Å². The summed E-state index contributed by atoms with van der Waals surface area (Å²) in [6.07, 6.45) is 14.4. The smallest absolute Gasteiger partial charge is 0.244 e. The second kappa shape index (κ2) is 4.47. The molecule has 0 radical (unpaired) electrons. The van der Waals surface area contributed by atoms with E-state index in [1.165, 1.54) is 57.8 Å². The standard InChI is InChI=1S/C16H26N2O/c19-15-16(10-11-16)17-14(12-6-4-5-7-12)18(15)13-8-2-1-3-9-13/h12-14,17H,1-11H2. The van der Waals surface area contributed by atoms with E-state index in [0.29, 0.717) is 18.1 Å². The molecule has 0 bridgehead atoms. The normalized spacial score (nSPS) is 35.5. The molecule has 106 valence electrons. The fraction of sp³-hybridized carbons (Fsp3) is 0.938. The van der Waals surface area contributed by atoms with Crippen molar-refractivity contribution in [2.45, 2.75) is 88.4 Å². The molecule has 3 heteroatoms. The second-order valence-electron chi connectivity index (χ2n) is 7.22. The van der Waals surface area contributed by atoms with E-state index in [1.807, 2.05) is 0 Å². The first-order valence-corrected chi connectivity index (χ1v) is 8.41. The molecular weight excluding hydrogens is 236 g/mol. The molecule has 0 aromatic heterocycles. The van der Waals surface area contributed by atoms with Gasteiger partial charge in [0.25, 0.3) is 0 Å². The summed E-state index contributed by atoms with van der Waals surface area (Å²) < 4.78 is 0. The van der Waals surface area contributed by atoms with Crippen LogP contribution in [-0.2, 0) is 4.79 Å². The Bertz CT molecular complexity index is 365. The van der Waals surface area contributed by atoms with Gasteiger partial charge in [0, 0.05) is 6.04 Å². The summed E-state index contributed by atoms with van der Waals surface area (Å²) in [5.41, 5.74) is -0.106. The van der Waals surface area contributed by atoms with E-state index < -0.39 is 0 Å². The van der Waals surface area contributed by atoms with E-state index in [-0.39, 0.29) is 5.54 Å². The molecule has 0 aromatic carbocycles. The fourth-order valence-corrected chi connectivity index (χ4v) is 4.64. The molecule has 3 saturated carbocycles. The lowest BCUT2D eigenvalue weighted by Crippen LogP contribution is -2.48. The highest BCUT2D eigenvalue weighted by Gasteiger charge is 2.61. The average molecular weight is 262 g/mol. The minimum atomic E-state index is -0.106. The third-order valence-corrected chi connectivity index (χ3v) is 5.93. The van der Waals surface area contributed by atoms with Gasteiger partial charge in [-0.05, 0) is 44.4 Å². The van der Waals surface area contributed by atoms with Crippen molar-refractivity contribution >= 4 is 5.91 Å². The van der Waals surface area contributed by atoms with Crippen LogP contribution in [0.25, 0.3) is 0 Å². The lowest BCUT2D eigenvalue weighted by Gasteiger charge is -2.37. The zero-order valence-corrected chi connectivity index (χ0v) is 11.9. The van der Waals surface area contributed by atoms with Crippen LogP contribution in [0.4, 0.5) is 0 Å². The zero-order chi connectivity index (χ0) is 12.9. The van der Waals surface area contributed by atoms with Gasteiger partial charge in [-0.15, -0.1) is 0 Å². The summed E-state index contributed by atoms with van der Waals surface area (Å²) in [5.74, 6) is 1.18. The van der Waals surface area contributed by atoms with Crippen LogP contribution in [0.1, 0.15) is 70.6 Å². The van der Waals surface area contributed by atoms with Crippen molar-refractivity contribution in [3.8, 4) is 0 Å². The summed E-state index contributed by atoms with van der Waals surface area (Å²) in [6.45, 7) is 0. The minimum absolute atomic E-state index is 0.106. The summed E-state index contributed by atoms with van der Waals surface area (Å²) in [5, 5.41) is 3.76. The maximum absolute atomic E-state index is 12.8. The Labute approximate surface area is 116 Å². The first-order chi connectivity index (χ1) is 9.30. The number of carbonyl (C=O) groups is 1. The molecule has 4 fully saturated rings. The molecule has 1 spiro atoms. The molecular formula is C16H26N2O. The molecule has 3 nitrogen and oxygen atoms in total. The van der Waals surface area contributed by atoms with Crippen LogP contribution in [0.15, 0.2) is 0 Å². The molecule has 1 N–H and O–H groups in total. The van der Waals surface area contributed by atoms with E-state index in [1.54, 1.807) is 0 Å². The molecule has 19 heavy (non-hydrogen) atoms. The predicted octanol–water partition coefficient (Wildman–Crippen LogP) is 2.80. The fourth-order valence-electron chi connectivity index (χ4n) is 4.64. The van der Waals surface area contributed by atoms with Gasteiger partial charge >= 0.3 is 0 Å². The largest absolute Gasteiger partial charge is 0.322 e. The van der Waals surface area contributed by atoms with Crippen molar-refractivity contribution in [3.05, 3.63) is 0 Å². The van der Waals surface area contributed by atoms with Crippen LogP contribution >= 0.6 is 0 Å². The average Bonchev–Trinajstić information content (AvgIpc) is 2.92. The molecule has 0 aromatic rings. The zero-order valence-electron chi connectivity index (χ0n) is 11.9. The van der Waals surface area contributed by atoms with Gasteiger partial charge in [-0.2, -0.15) is 0 Å². The highest BCUT2D eigenvalue weighted by atomic mass is 16.2. The maximum Gasteiger partial charge on any atom is 0.244 e. The van der Waals surface area contributed by atoms with E-state index in [2.05, 4.69) is 10.2 Å². The van der Waals surface area contributed by atoms with Crippen molar-refractivity contribution < 1.29 is 4.79 Å². The Morgan fingerprint density at radius 1 is 0.947 bits per heavy atom. The third kappa shape index (κ3) is 1.93. The first-order valence-electron chi connectivity index (χ1n) is 8.41. The van der Waals surface area contributed by atoms with Crippen LogP contribution in [0.5, 0.6) is 0 Å². The Morgan fingerprint density at radius 3 is 2.21 bits per heavy atom. The van der Waals surface area contributed by atoms with E-state index in [0.717, 1.165) is 18.8 Å². The summed E-state index contributed by atoms with van der Waals surface area (Å²) in [6, 6.07) is 0.541. The number of amides is 1. The van der Waals surface area contributed by atoms with Gasteiger partial charge in [-0.3, -0.25) is 10.1 Å². The van der Waals surface area contributed by atoms with Crippen molar-refractivity contribution in [3.63, 3.8) is 0 Å². The SMILES string of the molecule is O=C1N(C2CCCCC2)C(C2CCCC2)NC12CC2. The first kappa shape index (κ1) is 12.2. The summed E-state index contributed by atoms with van der Waals surface area (Å²) in [7, 11) is 0. The van der Waals surface area contributed by atoms with Crippen LogP contribution < -0.4 is 5.32 Å². The maximum atomic E-state index is 12.8. The molecule has 1 unspecified atom stereocenters. The highest BCUT2D eigenvalue weighted by Crippen LogP contribution is 2.47. The topological polar surface area (TPSA) is 32.3 Å². The van der Waals surface area contributed by atoms with Crippen molar-refractivity contribution in [1.29, 1.82) is 0 Å². The van der Waals surface area contributed by atoms with Crippen molar-refractivity contribution in [2.75, 3.05) is 0 Å². The molecule has 1 heterocycles. The number of rotatable bonds is 2. The minimum Gasteiger partial charge on any atom is -0.322 e. The van der Waals surface area contributed by atoms with Gasteiger partial charge in [0.15, 0.2) is 0 Å². The van der Waals surface area contributed by atoms with E-state index in [9.17, 15) is 4.79 Å². The summed E-state index contributed by atoms with van der Waals surface area (Å²) >= 11 is 0. The van der Waals surface area contributed by atoms with Crippen LogP contribution in [0.2, 0.25) is 0 Å². The molecule has 1 saturated heterocycles. The Balaban J connectivity index is 1.58. The van der Waals surface area contributed by atoms with Crippen molar-refractivity contribution in [2.24, 2.45) is 5.92 Å². The summed E-state index contributed by atoms with van der Waals surface area (Å²) in [4.78, 5) is 15.1. The number of nitrogens with zero attached hydrogens (tertiary/aromatic N) is 1. The van der Waals surface area contributed by atoms with Gasteiger partial charge in [0.05, 0.1) is 11.7 Å². The molecule has 1 atom stereocenters. The van der Waals surface area contributed by atoms with Crippen LogP contribution in [0.3, 0.4) is 0 Å². The number of hydrogen-bond donors (Lipinski definition) is 1. The number of nitrogens with one attached hydrogen (secondary N) is 1. The number of carbonyl (C=O) groups excluding carboxylic acids is 1. The van der Waals surface area contributed by atoms with Gasteiger partial charge < -0.3 is 4.90 Å². The Morgan fingerprint density at radius 2 is 1.58 bits per heavy atom. The quantitative estimate of drug-likeness (QED) is 0.830. The van der Waals surface area contributed by atoms with Crippen molar-refractivity contribution in [1.82, 2.24) is 10.2 Å². The van der Waals surface area contributed by atoms with Crippen LogP contribution in [0, 0.1) is 5.92 Å². The van der Waals surface area contributed by atoms with Gasteiger partial charge in [-0.1, -0.05) is 32.1 Å². The van der Waals surface area contributed by atoms with E-state index in [4.69, 9.17) is 0 Å². The Hall–Kier alpha value is -0.570. The van der Waals surface area contributed by atoms with Gasteiger partial charge in [0.2, 0.25) is 5.91 Å². The van der Waals surface area contributed by atoms with Gasteiger partial charge in [-0.25, -0.2) is 0 Å². The molecule has 4 rings (SSSR count). The molecule has 1 aliphatic heterocycles. The highest BCUT2D eigenvalue weighted by molar-refractivity contribution is 5.92. The Kier molecular flexibility index (Phi) is 2.87. The van der Waals surface area contributed by atoms with E-state index >= 15 is 0 Å². The third-order valence-electron chi connectivity index (χ3n) is 5.93.